The first-order valence-corrected chi connectivity index (χ1v) is 4.43. The van der Waals surface area contributed by atoms with Gasteiger partial charge in [0.05, 0.1) is 6.10 Å². The van der Waals surface area contributed by atoms with Gasteiger partial charge in [0, 0.05) is 19.3 Å². The van der Waals surface area contributed by atoms with Crippen molar-refractivity contribution < 1.29 is 4.74 Å². The summed E-state index contributed by atoms with van der Waals surface area (Å²) in [6.07, 6.45) is 2.84. The van der Waals surface area contributed by atoms with E-state index in [2.05, 4.69) is 22.2 Å². The molecule has 1 heterocycles. The highest BCUT2D eigenvalue weighted by atomic mass is 16.5. The maximum Gasteiger partial charge on any atom is 0.225 e. The summed E-state index contributed by atoms with van der Waals surface area (Å²) in [4.78, 5) is 8.12. The number of hydrogen-bond donors (Lipinski definition) is 1. The van der Waals surface area contributed by atoms with Crippen LogP contribution in [-0.4, -0.2) is 23.1 Å². The summed E-state index contributed by atoms with van der Waals surface area (Å²) in [5, 5.41) is 2.86. The van der Waals surface area contributed by atoms with E-state index < -0.39 is 0 Å². The Morgan fingerprint density at radius 1 is 1.62 bits per heavy atom. The molecular weight excluding hydrogens is 166 g/mol. The quantitative estimate of drug-likeness (QED) is 0.768. The summed E-state index contributed by atoms with van der Waals surface area (Å²) in [6, 6.07) is 1.76. The lowest BCUT2D eigenvalue weighted by atomic mass is 10.3. The second kappa shape index (κ2) is 4.64. The van der Waals surface area contributed by atoms with E-state index >= 15 is 0 Å². The first kappa shape index (κ1) is 9.77. The van der Waals surface area contributed by atoms with Crippen LogP contribution in [0, 0.1) is 0 Å². The summed E-state index contributed by atoms with van der Waals surface area (Å²) in [5.74, 6) is 1.20. The van der Waals surface area contributed by atoms with Gasteiger partial charge in [-0.25, -0.2) is 4.98 Å². The molecule has 0 bridgehead atoms. The van der Waals surface area contributed by atoms with Crippen molar-refractivity contribution in [2.45, 2.75) is 26.4 Å². The molecule has 1 unspecified atom stereocenters. The van der Waals surface area contributed by atoms with E-state index in [4.69, 9.17) is 4.74 Å². The lowest BCUT2D eigenvalue weighted by Gasteiger charge is -2.11. The number of nitrogens with one attached hydrogen (secondary N) is 1. The van der Waals surface area contributed by atoms with Crippen LogP contribution in [0.4, 0.5) is 5.95 Å². The van der Waals surface area contributed by atoms with Gasteiger partial charge in [-0.05, 0) is 13.3 Å². The highest BCUT2D eigenvalue weighted by molar-refractivity contribution is 5.26. The zero-order valence-electron chi connectivity index (χ0n) is 8.24. The van der Waals surface area contributed by atoms with Gasteiger partial charge in [-0.15, -0.1) is 0 Å². The average molecular weight is 181 g/mol. The molecule has 0 saturated heterocycles. The first-order chi connectivity index (χ1) is 6.26. The minimum Gasteiger partial charge on any atom is -0.475 e. The minimum absolute atomic E-state index is 0.194. The van der Waals surface area contributed by atoms with Crippen LogP contribution in [-0.2, 0) is 0 Å². The lowest BCUT2D eigenvalue weighted by Crippen LogP contribution is -2.11. The van der Waals surface area contributed by atoms with E-state index in [9.17, 15) is 0 Å². The summed E-state index contributed by atoms with van der Waals surface area (Å²) < 4.78 is 5.51. The molecule has 1 aromatic heterocycles. The van der Waals surface area contributed by atoms with Gasteiger partial charge in [0.1, 0.15) is 0 Å². The number of hydrogen-bond acceptors (Lipinski definition) is 4. The minimum atomic E-state index is 0.194. The predicted octanol–water partition coefficient (Wildman–Crippen LogP) is 1.70. The Kier molecular flexibility index (Phi) is 3.49. The van der Waals surface area contributed by atoms with Crippen LogP contribution in [0.1, 0.15) is 20.3 Å². The van der Waals surface area contributed by atoms with Crippen LogP contribution < -0.4 is 10.1 Å². The Hall–Kier alpha value is -1.32. The molecular formula is C9H15N3O. The average Bonchev–Trinajstić information content (AvgIpc) is 2.18. The molecule has 0 saturated carbocycles. The molecule has 4 nitrogen and oxygen atoms in total. The fourth-order valence-electron chi connectivity index (χ4n) is 0.818. The molecule has 0 amide bonds. The van der Waals surface area contributed by atoms with E-state index in [0.717, 1.165) is 6.42 Å². The van der Waals surface area contributed by atoms with Crippen molar-refractivity contribution in [3.63, 3.8) is 0 Å². The number of anilines is 1. The van der Waals surface area contributed by atoms with Crippen molar-refractivity contribution in [3.8, 4) is 5.88 Å². The molecule has 0 aliphatic carbocycles. The van der Waals surface area contributed by atoms with E-state index in [1.165, 1.54) is 0 Å². The number of aromatic nitrogens is 2. The summed E-state index contributed by atoms with van der Waals surface area (Å²) in [6.45, 7) is 4.09. The normalized spacial score (nSPS) is 12.2. The maximum absolute atomic E-state index is 5.51. The van der Waals surface area contributed by atoms with Gasteiger partial charge in [-0.3, -0.25) is 0 Å². The molecule has 1 aromatic rings. The molecule has 1 N–H and O–H groups in total. The lowest BCUT2D eigenvalue weighted by molar-refractivity contribution is 0.208. The van der Waals surface area contributed by atoms with E-state index in [0.29, 0.717) is 11.8 Å². The van der Waals surface area contributed by atoms with Gasteiger partial charge in [0.25, 0.3) is 0 Å². The fraction of sp³-hybridized carbons (Fsp3) is 0.556. The number of ether oxygens (including phenoxy) is 1. The third kappa shape index (κ3) is 2.89. The van der Waals surface area contributed by atoms with Crippen LogP contribution in [0.15, 0.2) is 12.3 Å². The Balaban J connectivity index is 2.66. The van der Waals surface area contributed by atoms with Crippen molar-refractivity contribution in [1.82, 2.24) is 9.97 Å². The Morgan fingerprint density at radius 2 is 2.38 bits per heavy atom. The van der Waals surface area contributed by atoms with E-state index in [-0.39, 0.29) is 6.10 Å². The first-order valence-electron chi connectivity index (χ1n) is 4.43. The van der Waals surface area contributed by atoms with Gasteiger partial charge in [0.15, 0.2) is 0 Å². The van der Waals surface area contributed by atoms with Crippen LogP contribution in [0.25, 0.3) is 0 Å². The van der Waals surface area contributed by atoms with Crippen LogP contribution in [0.5, 0.6) is 5.88 Å². The topological polar surface area (TPSA) is 47.0 Å². The van der Waals surface area contributed by atoms with Gasteiger partial charge in [-0.1, -0.05) is 6.92 Å². The van der Waals surface area contributed by atoms with Gasteiger partial charge in [-0.2, -0.15) is 4.98 Å². The molecule has 1 atom stereocenters. The molecule has 72 valence electrons. The molecule has 0 fully saturated rings. The molecule has 0 radical (unpaired) electrons. The summed E-state index contributed by atoms with van der Waals surface area (Å²) >= 11 is 0. The molecule has 0 spiro atoms. The third-order valence-corrected chi connectivity index (χ3v) is 1.75. The van der Waals surface area contributed by atoms with Crippen molar-refractivity contribution in [3.05, 3.63) is 12.3 Å². The van der Waals surface area contributed by atoms with Gasteiger partial charge in [0.2, 0.25) is 11.8 Å². The number of rotatable bonds is 4. The standard InChI is InChI=1S/C9H15N3O/c1-4-7(2)13-8-5-6-11-9(10-3)12-8/h5-7H,4H2,1-3H3,(H,10,11,12). The van der Waals surface area contributed by atoms with Crippen LogP contribution in [0.2, 0.25) is 0 Å². The molecule has 1 rings (SSSR count). The highest BCUT2D eigenvalue weighted by Gasteiger charge is 2.02. The fourth-order valence-corrected chi connectivity index (χ4v) is 0.818. The Labute approximate surface area is 78.4 Å². The molecule has 0 aliphatic rings. The molecule has 0 aliphatic heterocycles. The van der Waals surface area contributed by atoms with Crippen molar-refractivity contribution in [2.75, 3.05) is 12.4 Å². The summed E-state index contributed by atoms with van der Waals surface area (Å²) in [7, 11) is 1.78. The SMILES string of the molecule is CCC(C)Oc1ccnc(NC)n1. The van der Waals surface area contributed by atoms with Crippen molar-refractivity contribution in [2.24, 2.45) is 0 Å². The summed E-state index contributed by atoms with van der Waals surface area (Å²) in [5.41, 5.74) is 0. The van der Waals surface area contributed by atoms with Gasteiger partial charge >= 0.3 is 0 Å². The number of nitrogens with zero attached hydrogens (tertiary/aromatic N) is 2. The largest absolute Gasteiger partial charge is 0.475 e. The second-order valence-corrected chi connectivity index (χ2v) is 2.81. The van der Waals surface area contributed by atoms with Crippen molar-refractivity contribution in [1.29, 1.82) is 0 Å². The second-order valence-electron chi connectivity index (χ2n) is 2.81. The smallest absolute Gasteiger partial charge is 0.225 e. The van der Waals surface area contributed by atoms with E-state index in [1.807, 2.05) is 6.92 Å². The molecule has 4 heteroatoms. The van der Waals surface area contributed by atoms with Crippen LogP contribution in [0.3, 0.4) is 0 Å². The monoisotopic (exact) mass is 181 g/mol. The Morgan fingerprint density at radius 3 is 3.00 bits per heavy atom. The zero-order valence-corrected chi connectivity index (χ0v) is 8.24. The third-order valence-electron chi connectivity index (χ3n) is 1.75. The van der Waals surface area contributed by atoms with E-state index in [1.54, 1.807) is 19.3 Å². The maximum atomic E-state index is 5.51. The zero-order chi connectivity index (χ0) is 9.68. The highest BCUT2D eigenvalue weighted by Crippen LogP contribution is 2.10. The van der Waals surface area contributed by atoms with Crippen molar-refractivity contribution >= 4 is 5.95 Å². The Bertz CT molecular complexity index is 265. The van der Waals surface area contributed by atoms with Crippen LogP contribution >= 0.6 is 0 Å². The predicted molar refractivity (Wildman–Crippen MR) is 52.0 cm³/mol. The van der Waals surface area contributed by atoms with Gasteiger partial charge < -0.3 is 10.1 Å². The molecule has 0 aromatic carbocycles. The molecule has 13 heavy (non-hydrogen) atoms.